The highest BCUT2D eigenvalue weighted by molar-refractivity contribution is 6.34. The standard InChI is InChI=1S/C19H25ClN4O4/c1-12(19(26)24-8-6-23(2)7-9-24)21-18(25)17-11-16(22-28-17)14-10-13(27-3)4-5-15(14)20/h4-5,10,12,17H,6-9,11H2,1-3H3,(H,21,25)/t12-,17+/m1/s1. The van der Waals surface area contributed by atoms with Crippen molar-refractivity contribution < 1.29 is 19.2 Å². The Bertz CT molecular complexity index is 777. The van der Waals surface area contributed by atoms with Gasteiger partial charge >= 0.3 is 0 Å². The molecule has 0 unspecified atom stereocenters. The van der Waals surface area contributed by atoms with E-state index in [4.69, 9.17) is 21.2 Å². The molecular formula is C19H25ClN4O4. The Kier molecular flexibility index (Phi) is 6.41. The Balaban J connectivity index is 1.56. The summed E-state index contributed by atoms with van der Waals surface area (Å²) in [6.45, 7) is 4.68. The Morgan fingerprint density at radius 2 is 2.04 bits per heavy atom. The van der Waals surface area contributed by atoms with Crippen LogP contribution >= 0.6 is 11.6 Å². The molecule has 3 rings (SSSR count). The zero-order valence-corrected chi connectivity index (χ0v) is 17.0. The number of hydrogen-bond acceptors (Lipinski definition) is 6. The van der Waals surface area contributed by atoms with Gasteiger partial charge in [0.15, 0.2) is 0 Å². The number of ether oxygens (including phenoxy) is 1. The summed E-state index contributed by atoms with van der Waals surface area (Å²) in [7, 11) is 3.59. The molecule has 1 N–H and O–H groups in total. The molecule has 0 saturated carbocycles. The maximum atomic E-state index is 12.5. The monoisotopic (exact) mass is 408 g/mol. The molecule has 2 heterocycles. The number of oxime groups is 1. The zero-order valence-electron chi connectivity index (χ0n) is 16.3. The lowest BCUT2D eigenvalue weighted by Gasteiger charge is -2.34. The molecule has 1 saturated heterocycles. The van der Waals surface area contributed by atoms with Crippen LogP contribution in [0, 0.1) is 0 Å². The van der Waals surface area contributed by atoms with E-state index in [2.05, 4.69) is 15.4 Å². The fourth-order valence-electron chi connectivity index (χ4n) is 3.20. The van der Waals surface area contributed by atoms with E-state index in [0.717, 1.165) is 13.1 Å². The number of rotatable bonds is 5. The predicted molar refractivity (Wildman–Crippen MR) is 106 cm³/mol. The van der Waals surface area contributed by atoms with Crippen molar-refractivity contribution in [1.82, 2.24) is 15.1 Å². The van der Waals surface area contributed by atoms with Crippen molar-refractivity contribution in [3.63, 3.8) is 0 Å². The van der Waals surface area contributed by atoms with Crippen LogP contribution < -0.4 is 10.1 Å². The minimum absolute atomic E-state index is 0.0866. The van der Waals surface area contributed by atoms with Crippen molar-refractivity contribution in [1.29, 1.82) is 0 Å². The van der Waals surface area contributed by atoms with Gasteiger partial charge in [0.1, 0.15) is 11.8 Å². The molecule has 0 spiro atoms. The van der Waals surface area contributed by atoms with Crippen molar-refractivity contribution in [3.05, 3.63) is 28.8 Å². The first-order valence-electron chi connectivity index (χ1n) is 9.23. The molecule has 0 aromatic heterocycles. The minimum Gasteiger partial charge on any atom is -0.497 e. The smallest absolute Gasteiger partial charge is 0.264 e. The zero-order chi connectivity index (χ0) is 20.3. The summed E-state index contributed by atoms with van der Waals surface area (Å²) in [6.07, 6.45) is -0.520. The summed E-state index contributed by atoms with van der Waals surface area (Å²) in [6, 6.07) is 4.59. The molecule has 0 bridgehead atoms. The van der Waals surface area contributed by atoms with Crippen LogP contribution in [0.15, 0.2) is 23.4 Å². The maximum Gasteiger partial charge on any atom is 0.264 e. The number of piperazine rings is 1. The molecule has 8 nitrogen and oxygen atoms in total. The van der Waals surface area contributed by atoms with Gasteiger partial charge in [-0.3, -0.25) is 9.59 Å². The maximum absolute atomic E-state index is 12.5. The minimum atomic E-state index is -0.792. The van der Waals surface area contributed by atoms with Crippen molar-refractivity contribution in [2.45, 2.75) is 25.5 Å². The van der Waals surface area contributed by atoms with E-state index < -0.39 is 12.1 Å². The lowest BCUT2D eigenvalue weighted by molar-refractivity contribution is -0.140. The van der Waals surface area contributed by atoms with Gasteiger partial charge in [-0.1, -0.05) is 16.8 Å². The van der Waals surface area contributed by atoms with Gasteiger partial charge in [0.2, 0.25) is 12.0 Å². The van der Waals surface area contributed by atoms with E-state index in [1.807, 2.05) is 7.05 Å². The van der Waals surface area contributed by atoms with Crippen molar-refractivity contribution >= 4 is 29.1 Å². The molecular weight excluding hydrogens is 384 g/mol. The Labute approximate surface area is 169 Å². The van der Waals surface area contributed by atoms with Gasteiger partial charge in [0.25, 0.3) is 5.91 Å². The third kappa shape index (κ3) is 4.56. The van der Waals surface area contributed by atoms with Crippen molar-refractivity contribution in [2.75, 3.05) is 40.3 Å². The summed E-state index contributed by atoms with van der Waals surface area (Å²) in [5, 5.41) is 7.25. The van der Waals surface area contributed by atoms with Crippen LogP contribution in [0.1, 0.15) is 18.9 Å². The van der Waals surface area contributed by atoms with Gasteiger partial charge in [-0.2, -0.15) is 0 Å². The second kappa shape index (κ2) is 8.79. The molecule has 2 aliphatic heterocycles. The summed E-state index contributed by atoms with van der Waals surface area (Å²) in [5.41, 5.74) is 1.24. The number of carbonyl (C=O) groups is 2. The van der Waals surface area contributed by atoms with Gasteiger partial charge < -0.3 is 24.7 Å². The fraction of sp³-hybridized carbons (Fsp3) is 0.526. The van der Waals surface area contributed by atoms with Gasteiger partial charge in [0, 0.05) is 38.2 Å². The number of carbonyl (C=O) groups excluding carboxylic acids is 2. The average molecular weight is 409 g/mol. The largest absolute Gasteiger partial charge is 0.497 e. The number of halogens is 1. The molecule has 2 atom stereocenters. The van der Waals surface area contributed by atoms with E-state index in [1.54, 1.807) is 37.1 Å². The normalized spacial score (nSPS) is 20.9. The molecule has 0 radical (unpaired) electrons. The highest BCUT2D eigenvalue weighted by Gasteiger charge is 2.33. The second-order valence-electron chi connectivity index (χ2n) is 7.04. The van der Waals surface area contributed by atoms with Gasteiger partial charge in [-0.25, -0.2) is 0 Å². The van der Waals surface area contributed by atoms with Gasteiger partial charge in [0.05, 0.1) is 17.8 Å². The van der Waals surface area contributed by atoms with Crippen molar-refractivity contribution in [3.8, 4) is 5.75 Å². The average Bonchev–Trinajstić information content (AvgIpc) is 3.18. The third-order valence-corrected chi connectivity index (χ3v) is 5.32. The SMILES string of the molecule is COc1ccc(Cl)c(C2=NO[C@H](C(=O)N[C@H](C)C(=O)N3CCN(C)CC3)C2)c1. The van der Waals surface area contributed by atoms with E-state index in [1.165, 1.54) is 0 Å². The first-order chi connectivity index (χ1) is 13.4. The summed E-state index contributed by atoms with van der Waals surface area (Å²) in [5.74, 6) is 0.186. The first-order valence-corrected chi connectivity index (χ1v) is 9.61. The van der Waals surface area contributed by atoms with Gasteiger partial charge in [-0.15, -0.1) is 0 Å². The highest BCUT2D eigenvalue weighted by atomic mass is 35.5. The van der Waals surface area contributed by atoms with E-state index >= 15 is 0 Å². The van der Waals surface area contributed by atoms with Crippen LogP contribution in [0.2, 0.25) is 5.02 Å². The molecule has 1 aromatic carbocycles. The van der Waals surface area contributed by atoms with Crippen molar-refractivity contribution in [2.24, 2.45) is 5.16 Å². The first kappa shape index (κ1) is 20.4. The lowest BCUT2D eigenvalue weighted by atomic mass is 10.0. The highest BCUT2D eigenvalue weighted by Crippen LogP contribution is 2.27. The van der Waals surface area contributed by atoms with Crippen LogP contribution in [-0.4, -0.2) is 79.8 Å². The van der Waals surface area contributed by atoms with Crippen LogP contribution in [0.4, 0.5) is 0 Å². The molecule has 9 heteroatoms. The number of hydrogen-bond donors (Lipinski definition) is 1. The molecule has 2 aliphatic rings. The molecule has 1 fully saturated rings. The lowest BCUT2D eigenvalue weighted by Crippen LogP contribution is -2.54. The summed E-state index contributed by atoms with van der Waals surface area (Å²) in [4.78, 5) is 34.3. The van der Waals surface area contributed by atoms with Crippen LogP contribution in [-0.2, 0) is 14.4 Å². The quantitative estimate of drug-likeness (QED) is 0.789. The molecule has 28 heavy (non-hydrogen) atoms. The number of likely N-dealkylation sites (N-methyl/N-ethyl adjacent to an activating group) is 1. The molecule has 1 aromatic rings. The summed E-state index contributed by atoms with van der Waals surface area (Å²) < 4.78 is 5.21. The number of nitrogens with zero attached hydrogens (tertiary/aromatic N) is 3. The molecule has 152 valence electrons. The van der Waals surface area contributed by atoms with E-state index in [0.29, 0.717) is 35.1 Å². The number of methoxy groups -OCH3 is 1. The van der Waals surface area contributed by atoms with E-state index in [9.17, 15) is 9.59 Å². The number of nitrogens with one attached hydrogen (secondary N) is 1. The van der Waals surface area contributed by atoms with Gasteiger partial charge in [-0.05, 0) is 32.2 Å². The third-order valence-electron chi connectivity index (χ3n) is 4.99. The van der Waals surface area contributed by atoms with Crippen LogP contribution in [0.3, 0.4) is 0 Å². The fourth-order valence-corrected chi connectivity index (χ4v) is 3.42. The Morgan fingerprint density at radius 1 is 1.32 bits per heavy atom. The van der Waals surface area contributed by atoms with E-state index in [-0.39, 0.29) is 18.2 Å². The Morgan fingerprint density at radius 3 is 2.71 bits per heavy atom. The summed E-state index contributed by atoms with van der Waals surface area (Å²) >= 11 is 6.24. The number of amides is 2. The topological polar surface area (TPSA) is 83.5 Å². The predicted octanol–water partition coefficient (Wildman–Crippen LogP) is 1.12. The van der Waals surface area contributed by atoms with Crippen LogP contribution in [0.25, 0.3) is 0 Å². The second-order valence-corrected chi connectivity index (χ2v) is 7.45. The number of benzene rings is 1. The van der Waals surface area contributed by atoms with Crippen LogP contribution in [0.5, 0.6) is 5.75 Å². The Hall–Kier alpha value is -2.32. The molecule has 2 amide bonds. The molecule has 0 aliphatic carbocycles.